The van der Waals surface area contributed by atoms with Gasteiger partial charge in [-0.3, -0.25) is 0 Å². The predicted molar refractivity (Wildman–Crippen MR) is 65.7 cm³/mol. The van der Waals surface area contributed by atoms with Gasteiger partial charge in [-0.05, 0) is 25.1 Å². The maximum absolute atomic E-state index is 6.08. The van der Waals surface area contributed by atoms with E-state index in [9.17, 15) is 0 Å². The first kappa shape index (κ1) is 10.8. The van der Waals surface area contributed by atoms with Crippen molar-refractivity contribution in [1.29, 1.82) is 0 Å². The summed E-state index contributed by atoms with van der Waals surface area (Å²) in [5.74, 6) is 0. The molecule has 0 radical (unpaired) electrons. The van der Waals surface area contributed by atoms with Crippen LogP contribution < -0.4 is 5.73 Å². The predicted octanol–water partition coefficient (Wildman–Crippen LogP) is 3.36. The molecule has 0 bridgehead atoms. The van der Waals surface area contributed by atoms with Gasteiger partial charge in [0.2, 0.25) is 0 Å². The molecule has 0 aliphatic carbocycles. The lowest BCUT2D eigenvalue weighted by molar-refractivity contribution is 0.727. The van der Waals surface area contributed by atoms with Gasteiger partial charge in [0, 0.05) is 34.1 Å². The second-order valence-electron chi connectivity index (χ2n) is 3.82. The largest absolute Gasteiger partial charge is 0.358 e. The average molecular weight is 243 g/mol. The monoisotopic (exact) mass is 242 g/mol. The molecule has 0 saturated heterocycles. The van der Waals surface area contributed by atoms with Crippen LogP contribution in [0.1, 0.15) is 12.6 Å². The van der Waals surface area contributed by atoms with E-state index < -0.39 is 0 Å². The van der Waals surface area contributed by atoms with Crippen molar-refractivity contribution in [1.82, 2.24) is 4.98 Å². The number of H-pyrrole nitrogens is 1. The van der Waals surface area contributed by atoms with Crippen molar-refractivity contribution >= 4 is 34.1 Å². The molecule has 0 saturated carbocycles. The molecule has 1 heterocycles. The van der Waals surface area contributed by atoms with E-state index in [2.05, 4.69) is 4.98 Å². The molecule has 0 spiro atoms. The zero-order valence-corrected chi connectivity index (χ0v) is 9.86. The highest BCUT2D eigenvalue weighted by Gasteiger charge is 2.07. The summed E-state index contributed by atoms with van der Waals surface area (Å²) < 4.78 is 0. The van der Waals surface area contributed by atoms with Crippen LogP contribution >= 0.6 is 23.2 Å². The summed E-state index contributed by atoms with van der Waals surface area (Å²) in [5.41, 5.74) is 7.78. The number of halogens is 2. The third-order valence-electron chi connectivity index (χ3n) is 2.25. The van der Waals surface area contributed by atoms with Crippen LogP contribution in [0.25, 0.3) is 10.9 Å². The first-order chi connectivity index (χ1) is 7.06. The summed E-state index contributed by atoms with van der Waals surface area (Å²) in [6.45, 7) is 1.97. The Kier molecular flexibility index (Phi) is 2.91. The molecule has 0 fully saturated rings. The minimum atomic E-state index is 0.132. The fourth-order valence-corrected chi connectivity index (χ4v) is 2.22. The number of aromatic amines is 1. The zero-order valence-electron chi connectivity index (χ0n) is 8.35. The van der Waals surface area contributed by atoms with Crippen LogP contribution in [0.5, 0.6) is 0 Å². The van der Waals surface area contributed by atoms with Crippen LogP contribution in [-0.4, -0.2) is 11.0 Å². The molecular formula is C11H12Cl2N2. The summed E-state index contributed by atoms with van der Waals surface area (Å²) in [6.07, 6.45) is 0.808. The van der Waals surface area contributed by atoms with Crippen molar-refractivity contribution < 1.29 is 0 Å². The minimum Gasteiger partial charge on any atom is -0.358 e. The van der Waals surface area contributed by atoms with Crippen LogP contribution in [0.15, 0.2) is 18.2 Å². The molecule has 1 atom stereocenters. The maximum atomic E-state index is 6.08. The fraction of sp³-hybridized carbons (Fsp3) is 0.273. The van der Waals surface area contributed by atoms with Crippen molar-refractivity contribution in [3.8, 4) is 0 Å². The molecule has 2 nitrogen and oxygen atoms in total. The lowest BCUT2D eigenvalue weighted by Crippen LogP contribution is -2.17. The molecule has 1 aromatic heterocycles. The Morgan fingerprint density at radius 3 is 2.73 bits per heavy atom. The molecule has 0 amide bonds. The van der Waals surface area contributed by atoms with Gasteiger partial charge in [0.05, 0.1) is 5.02 Å². The van der Waals surface area contributed by atoms with Crippen LogP contribution in [0.4, 0.5) is 0 Å². The van der Waals surface area contributed by atoms with Crippen molar-refractivity contribution in [3.05, 3.63) is 33.9 Å². The Morgan fingerprint density at radius 1 is 1.33 bits per heavy atom. The molecular weight excluding hydrogens is 231 g/mol. The fourth-order valence-electron chi connectivity index (χ4n) is 1.68. The number of nitrogens with one attached hydrogen (secondary N) is 1. The molecule has 2 rings (SSSR count). The van der Waals surface area contributed by atoms with Gasteiger partial charge in [-0.1, -0.05) is 23.2 Å². The van der Waals surface area contributed by atoms with E-state index in [1.54, 1.807) is 6.07 Å². The van der Waals surface area contributed by atoms with Crippen LogP contribution in [-0.2, 0) is 6.42 Å². The standard InChI is InChI=1S/C11H12Cl2N2/c1-6(14)2-8-5-9-10(13)3-7(12)4-11(9)15-8/h3-6,15H,2,14H2,1H3. The van der Waals surface area contributed by atoms with Gasteiger partial charge in [-0.2, -0.15) is 0 Å². The minimum absolute atomic E-state index is 0.132. The summed E-state index contributed by atoms with van der Waals surface area (Å²) in [5, 5.41) is 2.31. The number of hydrogen-bond acceptors (Lipinski definition) is 1. The van der Waals surface area contributed by atoms with Gasteiger partial charge in [0.25, 0.3) is 0 Å². The summed E-state index contributed by atoms with van der Waals surface area (Å²) in [7, 11) is 0. The van der Waals surface area contributed by atoms with E-state index >= 15 is 0 Å². The molecule has 0 aliphatic rings. The summed E-state index contributed by atoms with van der Waals surface area (Å²) in [6, 6.07) is 5.77. The SMILES string of the molecule is CC(N)Cc1cc2c(Cl)cc(Cl)cc2[nH]1. The van der Waals surface area contributed by atoms with Gasteiger partial charge in [-0.25, -0.2) is 0 Å². The Hall–Kier alpha value is -0.700. The van der Waals surface area contributed by atoms with Crippen LogP contribution in [0, 0.1) is 0 Å². The van der Waals surface area contributed by atoms with Crippen molar-refractivity contribution in [2.75, 3.05) is 0 Å². The Bertz CT molecular complexity index is 489. The number of nitrogens with two attached hydrogens (primary N) is 1. The molecule has 0 aliphatic heterocycles. The first-order valence-corrected chi connectivity index (χ1v) is 5.54. The van der Waals surface area contributed by atoms with E-state index in [1.807, 2.05) is 19.1 Å². The Morgan fingerprint density at radius 2 is 2.07 bits per heavy atom. The molecule has 3 N–H and O–H groups in total. The van der Waals surface area contributed by atoms with Crippen LogP contribution in [0.2, 0.25) is 10.0 Å². The van der Waals surface area contributed by atoms with E-state index in [0.717, 1.165) is 23.0 Å². The summed E-state index contributed by atoms with van der Waals surface area (Å²) >= 11 is 12.0. The quantitative estimate of drug-likeness (QED) is 0.834. The lowest BCUT2D eigenvalue weighted by Gasteiger charge is -2.00. The number of aromatic nitrogens is 1. The Labute approximate surface area is 98.4 Å². The van der Waals surface area contributed by atoms with Gasteiger partial charge < -0.3 is 10.7 Å². The normalized spacial score (nSPS) is 13.3. The van der Waals surface area contributed by atoms with E-state index in [-0.39, 0.29) is 6.04 Å². The Balaban J connectivity index is 2.50. The first-order valence-electron chi connectivity index (χ1n) is 4.78. The van der Waals surface area contributed by atoms with E-state index in [0.29, 0.717) is 10.0 Å². The van der Waals surface area contributed by atoms with Gasteiger partial charge in [0.15, 0.2) is 0 Å². The summed E-state index contributed by atoms with van der Waals surface area (Å²) in [4.78, 5) is 3.26. The van der Waals surface area contributed by atoms with E-state index in [1.165, 1.54) is 0 Å². The number of benzene rings is 1. The highest BCUT2D eigenvalue weighted by Crippen LogP contribution is 2.28. The smallest absolute Gasteiger partial charge is 0.0514 e. The molecule has 1 aromatic carbocycles. The molecule has 1 unspecified atom stereocenters. The molecule has 80 valence electrons. The third-order valence-corrected chi connectivity index (χ3v) is 2.78. The second kappa shape index (κ2) is 4.05. The number of fused-ring (bicyclic) bond motifs is 1. The van der Waals surface area contributed by atoms with Gasteiger partial charge in [-0.15, -0.1) is 0 Å². The molecule has 15 heavy (non-hydrogen) atoms. The lowest BCUT2D eigenvalue weighted by atomic mass is 10.2. The number of hydrogen-bond donors (Lipinski definition) is 2. The molecule has 2 aromatic rings. The van der Waals surface area contributed by atoms with Gasteiger partial charge >= 0.3 is 0 Å². The topological polar surface area (TPSA) is 41.8 Å². The number of rotatable bonds is 2. The highest BCUT2D eigenvalue weighted by molar-refractivity contribution is 6.38. The molecule has 4 heteroatoms. The van der Waals surface area contributed by atoms with Crippen molar-refractivity contribution in [2.45, 2.75) is 19.4 Å². The van der Waals surface area contributed by atoms with Crippen molar-refractivity contribution in [2.24, 2.45) is 5.73 Å². The second-order valence-corrected chi connectivity index (χ2v) is 4.67. The van der Waals surface area contributed by atoms with Crippen LogP contribution in [0.3, 0.4) is 0 Å². The average Bonchev–Trinajstić information content (AvgIpc) is 2.45. The van der Waals surface area contributed by atoms with Crippen molar-refractivity contribution in [3.63, 3.8) is 0 Å². The third kappa shape index (κ3) is 2.28. The zero-order chi connectivity index (χ0) is 11.0. The van der Waals surface area contributed by atoms with Gasteiger partial charge in [0.1, 0.15) is 0 Å². The van der Waals surface area contributed by atoms with E-state index in [4.69, 9.17) is 28.9 Å². The highest BCUT2D eigenvalue weighted by atomic mass is 35.5. The maximum Gasteiger partial charge on any atom is 0.0514 e.